The molecule has 9 heteroatoms. The Bertz CT molecular complexity index is 500. The van der Waals surface area contributed by atoms with Crippen molar-refractivity contribution in [3.8, 4) is 5.75 Å². The van der Waals surface area contributed by atoms with E-state index in [1.807, 2.05) is 0 Å². The molecule has 0 amide bonds. The fourth-order valence-electron chi connectivity index (χ4n) is 0.762. The first-order valence-electron chi connectivity index (χ1n) is 3.76. The van der Waals surface area contributed by atoms with Crippen molar-refractivity contribution in [2.24, 2.45) is 0 Å². The van der Waals surface area contributed by atoms with Crippen LogP contribution in [0.1, 0.15) is 5.56 Å². The summed E-state index contributed by atoms with van der Waals surface area (Å²) in [7, 11) is -5.67. The van der Waals surface area contributed by atoms with Crippen LogP contribution in [0.15, 0.2) is 12.3 Å². The van der Waals surface area contributed by atoms with Gasteiger partial charge in [-0.3, -0.25) is 0 Å². The highest BCUT2D eigenvalue weighted by Gasteiger charge is 2.48. The maximum absolute atomic E-state index is 12.0. The Balaban J connectivity index is 3.07. The van der Waals surface area contributed by atoms with Crippen molar-refractivity contribution in [3.05, 3.63) is 23.0 Å². The van der Waals surface area contributed by atoms with Crippen LogP contribution in [0.25, 0.3) is 0 Å². The predicted octanol–water partition coefficient (Wildman–Crippen LogP) is 2.27. The van der Waals surface area contributed by atoms with Crippen molar-refractivity contribution in [1.82, 2.24) is 4.98 Å². The molecule has 0 aliphatic heterocycles. The van der Waals surface area contributed by atoms with E-state index in [4.69, 9.17) is 11.6 Å². The number of halogens is 4. The van der Waals surface area contributed by atoms with E-state index < -0.39 is 21.4 Å². The van der Waals surface area contributed by atoms with E-state index in [0.717, 1.165) is 6.20 Å². The van der Waals surface area contributed by atoms with Gasteiger partial charge in [0, 0.05) is 0 Å². The molecule has 0 bridgehead atoms. The van der Waals surface area contributed by atoms with Gasteiger partial charge in [0.1, 0.15) is 5.15 Å². The normalized spacial score (nSPS) is 12.6. The van der Waals surface area contributed by atoms with E-state index in [1.165, 1.54) is 13.0 Å². The number of hydrogen-bond donors (Lipinski definition) is 0. The third kappa shape index (κ3) is 2.76. The zero-order valence-electron chi connectivity index (χ0n) is 7.75. The molecule has 0 aliphatic rings. The zero-order valence-corrected chi connectivity index (χ0v) is 9.32. The van der Waals surface area contributed by atoms with Gasteiger partial charge in [0.05, 0.1) is 6.20 Å². The zero-order chi connectivity index (χ0) is 12.6. The maximum Gasteiger partial charge on any atom is 0.534 e. The van der Waals surface area contributed by atoms with Gasteiger partial charge in [-0.2, -0.15) is 21.6 Å². The Kier molecular flexibility index (Phi) is 3.34. The molecule has 0 unspecified atom stereocenters. The summed E-state index contributed by atoms with van der Waals surface area (Å²) in [5.41, 5.74) is -5.34. The van der Waals surface area contributed by atoms with Crippen LogP contribution in [0.5, 0.6) is 5.75 Å². The second-order valence-electron chi connectivity index (χ2n) is 2.76. The molecule has 1 rings (SSSR count). The number of aromatic nitrogens is 1. The van der Waals surface area contributed by atoms with Gasteiger partial charge < -0.3 is 4.18 Å². The van der Waals surface area contributed by atoms with E-state index in [9.17, 15) is 21.6 Å². The fourth-order valence-corrected chi connectivity index (χ4v) is 1.48. The van der Waals surface area contributed by atoms with Crippen molar-refractivity contribution in [3.63, 3.8) is 0 Å². The second-order valence-corrected chi connectivity index (χ2v) is 4.68. The lowest BCUT2D eigenvalue weighted by Gasteiger charge is -2.10. The number of alkyl halides is 3. The highest BCUT2D eigenvalue weighted by Crippen LogP contribution is 2.28. The van der Waals surface area contributed by atoms with Crippen molar-refractivity contribution < 1.29 is 25.8 Å². The van der Waals surface area contributed by atoms with Gasteiger partial charge in [0.25, 0.3) is 0 Å². The SMILES string of the molecule is Cc1cc(Cl)ncc1OS(=O)(=O)C(F)(F)F. The molecule has 0 spiro atoms. The first-order chi connectivity index (χ1) is 7.13. The minimum atomic E-state index is -5.67. The van der Waals surface area contributed by atoms with Crippen LogP contribution >= 0.6 is 11.6 Å². The molecule has 0 saturated heterocycles. The highest BCUT2D eigenvalue weighted by molar-refractivity contribution is 7.88. The molecule has 0 aliphatic carbocycles. The number of aryl methyl sites for hydroxylation is 1. The van der Waals surface area contributed by atoms with Gasteiger partial charge in [-0.15, -0.1) is 0 Å². The summed E-state index contributed by atoms with van der Waals surface area (Å²) in [5.74, 6) is -0.512. The molecule has 0 saturated carbocycles. The number of pyridine rings is 1. The van der Waals surface area contributed by atoms with E-state index in [-0.39, 0.29) is 10.7 Å². The molecule has 1 heterocycles. The predicted molar refractivity (Wildman–Crippen MR) is 49.6 cm³/mol. The first kappa shape index (κ1) is 13.0. The number of hydrogen-bond acceptors (Lipinski definition) is 4. The molecule has 0 aromatic carbocycles. The summed E-state index contributed by atoms with van der Waals surface area (Å²) in [6.07, 6.45) is 0.807. The monoisotopic (exact) mass is 275 g/mol. The van der Waals surface area contributed by atoms with E-state index in [0.29, 0.717) is 0 Å². The Labute approximate surface area is 94.1 Å². The minimum absolute atomic E-state index is 0.0225. The fraction of sp³-hybridized carbons (Fsp3) is 0.286. The molecule has 0 atom stereocenters. The van der Waals surface area contributed by atoms with E-state index >= 15 is 0 Å². The van der Waals surface area contributed by atoms with Crippen LogP contribution in [0.3, 0.4) is 0 Å². The van der Waals surface area contributed by atoms with Crippen molar-refractivity contribution in [2.45, 2.75) is 12.4 Å². The van der Waals surface area contributed by atoms with Gasteiger partial charge in [-0.05, 0) is 18.6 Å². The Morgan fingerprint density at radius 1 is 1.44 bits per heavy atom. The quantitative estimate of drug-likeness (QED) is 0.472. The van der Waals surface area contributed by atoms with Gasteiger partial charge >= 0.3 is 15.6 Å². The van der Waals surface area contributed by atoms with Crippen molar-refractivity contribution >= 4 is 21.7 Å². The van der Waals surface area contributed by atoms with Crippen LogP contribution in [-0.2, 0) is 10.1 Å². The molecule has 4 nitrogen and oxygen atoms in total. The molecule has 1 aromatic heterocycles. The summed E-state index contributed by atoms with van der Waals surface area (Å²) in [6, 6.07) is 1.18. The van der Waals surface area contributed by atoms with Gasteiger partial charge in [-0.1, -0.05) is 11.6 Å². The van der Waals surface area contributed by atoms with E-state index in [2.05, 4.69) is 9.17 Å². The maximum atomic E-state index is 12.0. The van der Waals surface area contributed by atoms with Crippen molar-refractivity contribution in [1.29, 1.82) is 0 Å². The van der Waals surface area contributed by atoms with Crippen LogP contribution in [0.4, 0.5) is 13.2 Å². The summed E-state index contributed by atoms with van der Waals surface area (Å²) in [4.78, 5) is 3.41. The highest BCUT2D eigenvalue weighted by atomic mass is 35.5. The third-order valence-corrected chi connectivity index (χ3v) is 2.68. The summed E-state index contributed by atoms with van der Waals surface area (Å²) in [6.45, 7) is 1.34. The van der Waals surface area contributed by atoms with Crippen LogP contribution in [0.2, 0.25) is 5.15 Å². The lowest BCUT2D eigenvalue weighted by Crippen LogP contribution is -2.28. The minimum Gasteiger partial charge on any atom is -0.374 e. The molecule has 16 heavy (non-hydrogen) atoms. The lowest BCUT2D eigenvalue weighted by molar-refractivity contribution is -0.0500. The molecule has 90 valence electrons. The average molecular weight is 276 g/mol. The average Bonchev–Trinajstić information content (AvgIpc) is 2.08. The standard InChI is InChI=1S/C7H5ClF3NO3S/c1-4-2-6(8)12-3-5(4)15-16(13,14)7(9,10)11/h2-3H,1H3. The van der Waals surface area contributed by atoms with Gasteiger partial charge in [-0.25, -0.2) is 4.98 Å². The topological polar surface area (TPSA) is 56.3 Å². The lowest BCUT2D eigenvalue weighted by atomic mass is 10.3. The van der Waals surface area contributed by atoms with Crippen LogP contribution in [-0.4, -0.2) is 18.9 Å². The molecule has 0 radical (unpaired) electrons. The Morgan fingerprint density at radius 2 is 2.00 bits per heavy atom. The summed E-state index contributed by atoms with van der Waals surface area (Å²) in [5, 5.41) is 0.0225. The largest absolute Gasteiger partial charge is 0.534 e. The van der Waals surface area contributed by atoms with Crippen LogP contribution < -0.4 is 4.18 Å². The first-order valence-corrected chi connectivity index (χ1v) is 5.55. The summed E-state index contributed by atoms with van der Waals surface area (Å²) < 4.78 is 61.1. The van der Waals surface area contributed by atoms with Crippen LogP contribution in [0, 0.1) is 6.92 Å². The molecule has 1 aromatic rings. The Morgan fingerprint density at radius 3 is 2.44 bits per heavy atom. The van der Waals surface area contributed by atoms with Gasteiger partial charge in [0.15, 0.2) is 5.75 Å². The third-order valence-electron chi connectivity index (χ3n) is 1.51. The molecular weight excluding hydrogens is 271 g/mol. The van der Waals surface area contributed by atoms with Gasteiger partial charge in [0.2, 0.25) is 0 Å². The second kappa shape index (κ2) is 4.10. The molecular formula is C7H5ClF3NO3S. The number of rotatable bonds is 2. The molecule has 0 N–H and O–H groups in total. The van der Waals surface area contributed by atoms with E-state index in [1.54, 1.807) is 0 Å². The molecule has 0 fully saturated rings. The number of nitrogens with zero attached hydrogens (tertiary/aromatic N) is 1. The Hall–Kier alpha value is -1.02. The van der Waals surface area contributed by atoms with Crippen molar-refractivity contribution in [2.75, 3.05) is 0 Å². The summed E-state index contributed by atoms with van der Waals surface area (Å²) >= 11 is 5.44. The smallest absolute Gasteiger partial charge is 0.374 e.